The maximum Gasteiger partial charge on any atom is 0.326 e. The molecule has 0 aromatic heterocycles. The molecule has 0 saturated heterocycles. The van der Waals surface area contributed by atoms with Crippen molar-refractivity contribution in [2.45, 2.75) is 25.9 Å². The molecule has 0 radical (unpaired) electrons. The van der Waals surface area contributed by atoms with Crippen LogP contribution in [0.3, 0.4) is 0 Å². The Morgan fingerprint density at radius 1 is 1.19 bits per heavy atom. The van der Waals surface area contributed by atoms with Crippen LogP contribution in [0, 0.1) is 0 Å². The lowest BCUT2D eigenvalue weighted by atomic mass is 10.2. The largest absolute Gasteiger partial charge is 0.481 e. The van der Waals surface area contributed by atoms with Gasteiger partial charge in [0.15, 0.2) is 0 Å². The van der Waals surface area contributed by atoms with Gasteiger partial charge < -0.3 is 20.4 Å². The molecule has 0 aliphatic carbocycles. The molecule has 1 aromatic rings. The topological polar surface area (TPSA) is 107 Å². The molecule has 0 heterocycles. The van der Waals surface area contributed by atoms with Crippen LogP contribution >= 0.6 is 0 Å². The molecule has 1 rings (SSSR count). The van der Waals surface area contributed by atoms with E-state index in [2.05, 4.69) is 5.32 Å². The maximum atomic E-state index is 12.0. The van der Waals surface area contributed by atoms with Crippen molar-refractivity contribution >= 4 is 18.0 Å². The molecular weight excluding hydrogens is 276 g/mol. The zero-order valence-electron chi connectivity index (χ0n) is 11.7. The van der Waals surface area contributed by atoms with Crippen LogP contribution in [-0.2, 0) is 16.1 Å². The summed E-state index contributed by atoms with van der Waals surface area (Å²) in [6, 6.07) is 7.18. The highest BCUT2D eigenvalue weighted by Gasteiger charge is 2.25. The predicted octanol–water partition coefficient (Wildman–Crippen LogP) is 1.15. The zero-order valence-corrected chi connectivity index (χ0v) is 11.7. The van der Waals surface area contributed by atoms with E-state index >= 15 is 0 Å². The highest BCUT2D eigenvalue weighted by molar-refractivity contribution is 5.86. The standard InChI is InChI=1S/C14H18N2O5/c1-2-16(9-10-6-4-3-5-7-10)14(21)15-11(13(19)20)8-12(17)18/h3-7,11H,2,8-9H2,1H3,(H,15,21)(H,17,18)(H,19,20)/t11-/m0/s1. The third-order valence-corrected chi connectivity index (χ3v) is 2.86. The summed E-state index contributed by atoms with van der Waals surface area (Å²) in [6.07, 6.45) is -0.663. The number of hydrogen-bond acceptors (Lipinski definition) is 3. The van der Waals surface area contributed by atoms with E-state index in [-0.39, 0.29) is 0 Å². The van der Waals surface area contributed by atoms with E-state index in [0.717, 1.165) is 5.56 Å². The molecule has 0 saturated carbocycles. The van der Waals surface area contributed by atoms with Gasteiger partial charge in [-0.05, 0) is 12.5 Å². The van der Waals surface area contributed by atoms with Crippen LogP contribution in [0.1, 0.15) is 18.9 Å². The van der Waals surface area contributed by atoms with Gasteiger partial charge in [-0.1, -0.05) is 30.3 Å². The predicted molar refractivity (Wildman–Crippen MR) is 74.7 cm³/mol. The molecule has 1 atom stereocenters. The lowest BCUT2D eigenvalue weighted by Gasteiger charge is -2.23. The molecular formula is C14H18N2O5. The van der Waals surface area contributed by atoms with Gasteiger partial charge in [-0.3, -0.25) is 4.79 Å². The number of urea groups is 1. The molecule has 0 unspecified atom stereocenters. The lowest BCUT2D eigenvalue weighted by molar-refractivity contribution is -0.145. The molecule has 0 fully saturated rings. The number of rotatable bonds is 7. The number of carboxylic acid groups (broad SMARTS) is 2. The number of carbonyl (C=O) groups excluding carboxylic acids is 1. The highest BCUT2D eigenvalue weighted by atomic mass is 16.4. The van der Waals surface area contributed by atoms with E-state index in [1.165, 1.54) is 4.90 Å². The van der Waals surface area contributed by atoms with Crippen molar-refractivity contribution in [2.75, 3.05) is 6.54 Å². The molecule has 21 heavy (non-hydrogen) atoms. The van der Waals surface area contributed by atoms with Crippen LogP contribution in [0.15, 0.2) is 30.3 Å². The second-order valence-corrected chi connectivity index (χ2v) is 4.44. The Morgan fingerprint density at radius 2 is 1.81 bits per heavy atom. The molecule has 2 amide bonds. The first kappa shape index (κ1) is 16.5. The van der Waals surface area contributed by atoms with Crippen LogP contribution in [-0.4, -0.2) is 45.7 Å². The molecule has 114 valence electrons. The Bertz CT molecular complexity index is 503. The fourth-order valence-corrected chi connectivity index (χ4v) is 1.75. The van der Waals surface area contributed by atoms with Crippen LogP contribution in [0.25, 0.3) is 0 Å². The number of carboxylic acids is 2. The molecule has 7 nitrogen and oxygen atoms in total. The van der Waals surface area contributed by atoms with Gasteiger partial charge >= 0.3 is 18.0 Å². The van der Waals surface area contributed by atoms with Gasteiger partial charge in [-0.15, -0.1) is 0 Å². The van der Waals surface area contributed by atoms with Crippen LogP contribution < -0.4 is 5.32 Å². The first-order valence-electron chi connectivity index (χ1n) is 6.48. The minimum atomic E-state index is -1.44. The first-order valence-corrected chi connectivity index (χ1v) is 6.48. The number of hydrogen-bond donors (Lipinski definition) is 3. The first-order chi connectivity index (χ1) is 9.93. The van der Waals surface area contributed by atoms with E-state index in [1.54, 1.807) is 6.92 Å². The second-order valence-electron chi connectivity index (χ2n) is 4.44. The number of benzene rings is 1. The average Bonchev–Trinajstić information content (AvgIpc) is 2.44. The van der Waals surface area contributed by atoms with Gasteiger partial charge in [0, 0.05) is 13.1 Å². The van der Waals surface area contributed by atoms with Crippen molar-refractivity contribution in [3.63, 3.8) is 0 Å². The minimum absolute atomic E-state index is 0.322. The Hall–Kier alpha value is -2.57. The molecule has 1 aromatic carbocycles. The molecule has 0 spiro atoms. The fraction of sp³-hybridized carbons (Fsp3) is 0.357. The fourth-order valence-electron chi connectivity index (χ4n) is 1.75. The van der Waals surface area contributed by atoms with Crippen molar-refractivity contribution in [3.05, 3.63) is 35.9 Å². The third kappa shape index (κ3) is 5.52. The summed E-state index contributed by atoms with van der Waals surface area (Å²) in [6.45, 7) is 2.46. The Balaban J connectivity index is 2.69. The van der Waals surface area contributed by atoms with E-state index in [0.29, 0.717) is 13.1 Å². The number of nitrogens with zero attached hydrogens (tertiary/aromatic N) is 1. The zero-order chi connectivity index (χ0) is 15.8. The number of aliphatic carboxylic acids is 2. The average molecular weight is 294 g/mol. The van der Waals surface area contributed by atoms with Gasteiger partial charge in [0.1, 0.15) is 6.04 Å². The van der Waals surface area contributed by atoms with Gasteiger partial charge in [-0.2, -0.15) is 0 Å². The third-order valence-electron chi connectivity index (χ3n) is 2.86. The van der Waals surface area contributed by atoms with Crippen molar-refractivity contribution in [1.82, 2.24) is 10.2 Å². The van der Waals surface area contributed by atoms with Crippen LogP contribution in [0.2, 0.25) is 0 Å². The molecule has 0 bridgehead atoms. The summed E-state index contributed by atoms with van der Waals surface area (Å²) < 4.78 is 0. The summed E-state index contributed by atoms with van der Waals surface area (Å²) in [4.78, 5) is 35.0. The quantitative estimate of drug-likeness (QED) is 0.699. The molecule has 0 aliphatic rings. The van der Waals surface area contributed by atoms with Crippen LogP contribution in [0.4, 0.5) is 4.79 Å². The Kier molecular flexibility index (Phi) is 6.19. The van der Waals surface area contributed by atoms with Crippen molar-refractivity contribution in [2.24, 2.45) is 0 Å². The van der Waals surface area contributed by atoms with E-state index in [9.17, 15) is 14.4 Å². The van der Waals surface area contributed by atoms with Gasteiger partial charge in [0.05, 0.1) is 6.42 Å². The van der Waals surface area contributed by atoms with E-state index < -0.39 is 30.4 Å². The number of carbonyl (C=O) groups is 3. The molecule has 3 N–H and O–H groups in total. The molecule has 0 aliphatic heterocycles. The normalized spacial score (nSPS) is 11.5. The van der Waals surface area contributed by atoms with E-state index in [1.807, 2.05) is 30.3 Å². The lowest BCUT2D eigenvalue weighted by Crippen LogP contribution is -2.48. The van der Waals surface area contributed by atoms with E-state index in [4.69, 9.17) is 10.2 Å². The minimum Gasteiger partial charge on any atom is -0.481 e. The van der Waals surface area contributed by atoms with Gasteiger partial charge in [-0.25, -0.2) is 9.59 Å². The Morgan fingerprint density at radius 3 is 2.29 bits per heavy atom. The van der Waals surface area contributed by atoms with Gasteiger partial charge in [0.25, 0.3) is 0 Å². The maximum absolute atomic E-state index is 12.0. The monoisotopic (exact) mass is 294 g/mol. The molecule has 7 heteroatoms. The summed E-state index contributed by atoms with van der Waals surface area (Å²) >= 11 is 0. The number of amides is 2. The number of nitrogens with one attached hydrogen (secondary N) is 1. The Labute approximate surface area is 122 Å². The second kappa shape index (κ2) is 7.88. The highest BCUT2D eigenvalue weighted by Crippen LogP contribution is 2.05. The van der Waals surface area contributed by atoms with Crippen molar-refractivity contribution in [3.8, 4) is 0 Å². The summed E-state index contributed by atoms with van der Waals surface area (Å²) in [5, 5.41) is 19.8. The van der Waals surface area contributed by atoms with Crippen molar-refractivity contribution < 1.29 is 24.6 Å². The van der Waals surface area contributed by atoms with Crippen molar-refractivity contribution in [1.29, 1.82) is 0 Å². The summed E-state index contributed by atoms with van der Waals surface area (Å²) in [5.41, 5.74) is 0.902. The summed E-state index contributed by atoms with van der Waals surface area (Å²) in [5.74, 6) is -2.66. The SMILES string of the molecule is CCN(Cc1ccccc1)C(=O)N[C@@H](CC(=O)O)C(=O)O. The van der Waals surface area contributed by atoms with Crippen LogP contribution in [0.5, 0.6) is 0 Å². The van der Waals surface area contributed by atoms with Gasteiger partial charge in [0.2, 0.25) is 0 Å². The summed E-state index contributed by atoms with van der Waals surface area (Å²) in [7, 11) is 0. The smallest absolute Gasteiger partial charge is 0.326 e.